The maximum Gasteiger partial charge on any atom is 0.268 e. The first kappa shape index (κ1) is 16.0. The van der Waals surface area contributed by atoms with Crippen LogP contribution in [0.15, 0.2) is 4.52 Å². The number of rotatable bonds is 5. The van der Waals surface area contributed by atoms with Gasteiger partial charge in [-0.3, -0.25) is 4.79 Å². The summed E-state index contributed by atoms with van der Waals surface area (Å²) in [5, 5.41) is 7.99. The number of amides is 1. The molecule has 1 saturated heterocycles. The predicted octanol–water partition coefficient (Wildman–Crippen LogP) is 2.94. The highest BCUT2D eigenvalue weighted by Gasteiger charge is 2.34. The fourth-order valence-electron chi connectivity index (χ4n) is 2.83. The van der Waals surface area contributed by atoms with Crippen molar-refractivity contribution in [1.29, 1.82) is 0 Å². The van der Waals surface area contributed by atoms with Gasteiger partial charge in [-0.25, -0.2) is 0 Å². The Morgan fingerprint density at radius 2 is 2.30 bits per heavy atom. The number of carbonyl (C=O) groups excluding carboxylic acids is 1. The Hall–Kier alpha value is -1.83. The summed E-state index contributed by atoms with van der Waals surface area (Å²) in [6.07, 6.45) is 5.85. The number of hydrogen-bond donors (Lipinski definition) is 0. The number of likely N-dealkylation sites (tertiary alicyclic amines) is 1. The van der Waals surface area contributed by atoms with Crippen molar-refractivity contribution in [1.82, 2.24) is 24.6 Å². The Kier molecular flexibility index (Phi) is 5.00. The number of nitrogens with zero attached hydrogens (tertiary/aromatic N) is 5. The maximum atomic E-state index is 12.8. The van der Waals surface area contributed by atoms with Crippen LogP contribution in [0.3, 0.4) is 0 Å². The summed E-state index contributed by atoms with van der Waals surface area (Å²) in [7, 11) is 0. The summed E-state index contributed by atoms with van der Waals surface area (Å²) in [6, 6.07) is -0.138. The van der Waals surface area contributed by atoms with E-state index in [1.54, 1.807) is 0 Å². The van der Waals surface area contributed by atoms with E-state index >= 15 is 0 Å². The third-order valence-corrected chi connectivity index (χ3v) is 4.95. The third-order valence-electron chi connectivity index (χ3n) is 4.13. The summed E-state index contributed by atoms with van der Waals surface area (Å²) < 4.78 is 9.31. The summed E-state index contributed by atoms with van der Waals surface area (Å²) in [5.74, 6) is 1.25. The van der Waals surface area contributed by atoms with Gasteiger partial charge in [-0.15, -0.1) is 5.10 Å². The molecule has 1 amide bonds. The molecule has 0 aromatic carbocycles. The molecule has 7 nitrogen and oxygen atoms in total. The van der Waals surface area contributed by atoms with Gasteiger partial charge < -0.3 is 9.42 Å². The molecule has 0 radical (unpaired) electrons. The molecule has 1 fully saturated rings. The highest BCUT2D eigenvalue weighted by atomic mass is 32.1. The van der Waals surface area contributed by atoms with Gasteiger partial charge in [0.1, 0.15) is 10.9 Å². The summed E-state index contributed by atoms with van der Waals surface area (Å²) in [6.45, 7) is 4.65. The van der Waals surface area contributed by atoms with Gasteiger partial charge in [-0.1, -0.05) is 23.0 Å². The van der Waals surface area contributed by atoms with Gasteiger partial charge in [-0.2, -0.15) is 4.98 Å². The first-order chi connectivity index (χ1) is 11.2. The molecular weight excluding hydrogens is 314 g/mol. The molecule has 1 atom stereocenters. The molecule has 2 aromatic heterocycles. The van der Waals surface area contributed by atoms with E-state index in [9.17, 15) is 4.79 Å². The van der Waals surface area contributed by atoms with E-state index in [-0.39, 0.29) is 11.9 Å². The van der Waals surface area contributed by atoms with E-state index in [1.807, 2.05) is 11.8 Å². The monoisotopic (exact) mass is 335 g/mol. The van der Waals surface area contributed by atoms with Crippen molar-refractivity contribution < 1.29 is 9.32 Å². The molecule has 8 heteroatoms. The van der Waals surface area contributed by atoms with E-state index < -0.39 is 0 Å². The minimum atomic E-state index is -0.138. The number of carbonyl (C=O) groups is 1. The largest absolute Gasteiger partial charge is 0.337 e. The second kappa shape index (κ2) is 7.16. The molecular formula is C15H21N5O2S. The molecule has 2 aromatic rings. The fraction of sp³-hybridized carbons (Fsp3) is 0.667. The van der Waals surface area contributed by atoms with Crippen molar-refractivity contribution in [3.05, 3.63) is 22.3 Å². The minimum absolute atomic E-state index is 0.0319. The van der Waals surface area contributed by atoms with Gasteiger partial charge in [0.15, 0.2) is 5.82 Å². The van der Waals surface area contributed by atoms with Gasteiger partial charge >= 0.3 is 0 Å². The van der Waals surface area contributed by atoms with Crippen LogP contribution in [0.4, 0.5) is 0 Å². The fourth-order valence-corrected chi connectivity index (χ4v) is 3.44. The molecule has 0 aliphatic carbocycles. The first-order valence-electron chi connectivity index (χ1n) is 8.13. The number of piperidine rings is 1. The van der Waals surface area contributed by atoms with Crippen LogP contribution in [0, 0.1) is 6.92 Å². The SMILES string of the molecule is CCCCc1noc([C@H]2CCCCN2C(=O)c2snnc2C)n1. The zero-order valence-electron chi connectivity index (χ0n) is 13.5. The van der Waals surface area contributed by atoms with Crippen LogP contribution in [-0.4, -0.2) is 37.1 Å². The molecule has 124 valence electrons. The van der Waals surface area contributed by atoms with Gasteiger partial charge in [0.2, 0.25) is 5.89 Å². The van der Waals surface area contributed by atoms with Crippen LogP contribution in [0.1, 0.15) is 72.2 Å². The Morgan fingerprint density at radius 1 is 1.43 bits per heavy atom. The van der Waals surface area contributed by atoms with Crippen molar-refractivity contribution >= 4 is 17.4 Å². The van der Waals surface area contributed by atoms with Crippen molar-refractivity contribution in [3.63, 3.8) is 0 Å². The van der Waals surface area contributed by atoms with Crippen LogP contribution in [0.2, 0.25) is 0 Å². The lowest BCUT2D eigenvalue weighted by atomic mass is 10.0. The van der Waals surface area contributed by atoms with E-state index in [4.69, 9.17) is 4.52 Å². The Labute approximate surface area is 139 Å². The summed E-state index contributed by atoms with van der Waals surface area (Å²) >= 11 is 1.15. The van der Waals surface area contributed by atoms with Crippen molar-refractivity contribution in [2.24, 2.45) is 0 Å². The Bertz CT molecular complexity index is 668. The van der Waals surface area contributed by atoms with Crippen molar-refractivity contribution in [2.45, 2.75) is 58.4 Å². The van der Waals surface area contributed by atoms with E-state index in [0.717, 1.165) is 55.9 Å². The molecule has 1 aliphatic heterocycles. The lowest BCUT2D eigenvalue weighted by molar-refractivity contribution is 0.0565. The molecule has 0 unspecified atom stereocenters. The molecule has 1 aliphatic rings. The second-order valence-corrected chi connectivity index (χ2v) is 6.60. The molecule has 0 N–H and O–H groups in total. The molecule has 3 heterocycles. The van der Waals surface area contributed by atoms with Crippen LogP contribution < -0.4 is 0 Å². The van der Waals surface area contributed by atoms with Crippen LogP contribution in [0.5, 0.6) is 0 Å². The molecule has 0 bridgehead atoms. The maximum absolute atomic E-state index is 12.8. The highest BCUT2D eigenvalue weighted by molar-refractivity contribution is 7.07. The van der Waals surface area contributed by atoms with Crippen molar-refractivity contribution in [3.8, 4) is 0 Å². The van der Waals surface area contributed by atoms with E-state index in [2.05, 4.69) is 26.7 Å². The third kappa shape index (κ3) is 3.41. The first-order valence-corrected chi connectivity index (χ1v) is 8.90. The van der Waals surface area contributed by atoms with Gasteiger partial charge in [-0.05, 0) is 44.1 Å². The zero-order valence-corrected chi connectivity index (χ0v) is 14.3. The van der Waals surface area contributed by atoms with E-state index in [0.29, 0.717) is 23.0 Å². The van der Waals surface area contributed by atoms with Crippen molar-refractivity contribution in [2.75, 3.05) is 6.54 Å². The zero-order chi connectivity index (χ0) is 16.2. The second-order valence-electron chi connectivity index (χ2n) is 5.85. The normalized spacial score (nSPS) is 18.3. The number of unbranched alkanes of at least 4 members (excludes halogenated alkanes) is 1. The molecule has 0 saturated carbocycles. The standard InChI is InChI=1S/C15H21N5O2S/c1-3-4-8-12-16-14(22-18-12)11-7-5-6-9-20(11)15(21)13-10(2)17-19-23-13/h11H,3-9H2,1-2H3/t11-/m1/s1. The topological polar surface area (TPSA) is 85.0 Å². The predicted molar refractivity (Wildman–Crippen MR) is 85.2 cm³/mol. The summed E-state index contributed by atoms with van der Waals surface area (Å²) in [4.78, 5) is 19.8. The lowest BCUT2D eigenvalue weighted by Gasteiger charge is -2.33. The molecule has 3 rings (SSSR count). The minimum Gasteiger partial charge on any atom is -0.337 e. The van der Waals surface area contributed by atoms with E-state index in [1.165, 1.54) is 0 Å². The average Bonchev–Trinajstić information content (AvgIpc) is 3.21. The summed E-state index contributed by atoms with van der Waals surface area (Å²) in [5.41, 5.74) is 0.679. The highest BCUT2D eigenvalue weighted by Crippen LogP contribution is 2.32. The van der Waals surface area contributed by atoms with Crippen LogP contribution in [0.25, 0.3) is 0 Å². The van der Waals surface area contributed by atoms with Crippen LogP contribution >= 0.6 is 11.5 Å². The lowest BCUT2D eigenvalue weighted by Crippen LogP contribution is -2.38. The molecule has 0 spiro atoms. The van der Waals surface area contributed by atoms with Gasteiger partial charge in [0, 0.05) is 13.0 Å². The quantitative estimate of drug-likeness (QED) is 0.835. The Morgan fingerprint density at radius 3 is 3.04 bits per heavy atom. The van der Waals surface area contributed by atoms with Crippen LogP contribution in [-0.2, 0) is 6.42 Å². The smallest absolute Gasteiger partial charge is 0.268 e. The average molecular weight is 335 g/mol. The van der Waals surface area contributed by atoms with Gasteiger partial charge in [0.25, 0.3) is 5.91 Å². The number of aromatic nitrogens is 4. The molecule has 23 heavy (non-hydrogen) atoms. The number of aryl methyl sites for hydroxylation is 2. The Balaban J connectivity index is 1.80. The number of hydrogen-bond acceptors (Lipinski definition) is 7. The van der Waals surface area contributed by atoms with Gasteiger partial charge in [0.05, 0.1) is 5.69 Å².